The van der Waals surface area contributed by atoms with Gasteiger partial charge in [0, 0.05) is 38.7 Å². The molecule has 0 aliphatic carbocycles. The molecule has 3 heteroatoms. The molecule has 2 aromatic heterocycles. The van der Waals surface area contributed by atoms with E-state index in [2.05, 4.69) is 211 Å². The summed E-state index contributed by atoms with van der Waals surface area (Å²) in [7, 11) is 0. The fraction of sp³-hybridized carbons (Fsp3) is 0. The average molecular weight is 776 g/mol. The maximum Gasteiger partial charge on any atom is 0.160 e. The van der Waals surface area contributed by atoms with E-state index >= 15 is 0 Å². The summed E-state index contributed by atoms with van der Waals surface area (Å²) < 4.78 is 2.40. The first-order valence-electron chi connectivity index (χ1n) is 20.8. The zero-order valence-electron chi connectivity index (χ0n) is 33.2. The van der Waals surface area contributed by atoms with Crippen LogP contribution in [0.3, 0.4) is 0 Å². The molecule has 3 nitrogen and oxygen atoms in total. The Balaban J connectivity index is 1.00. The fourth-order valence-electron chi connectivity index (χ4n) is 9.34. The molecule has 0 spiro atoms. The van der Waals surface area contributed by atoms with Gasteiger partial charge in [-0.15, -0.1) is 0 Å². The number of aromatic nitrogens is 3. The summed E-state index contributed by atoms with van der Waals surface area (Å²) in [5, 5.41) is 9.98. The number of nitrogens with zero attached hydrogens (tertiary/aromatic N) is 3. The largest absolute Gasteiger partial charge is 0.309 e. The van der Waals surface area contributed by atoms with Crippen molar-refractivity contribution in [2.45, 2.75) is 0 Å². The standard InChI is InChI=1S/C58H37N3/c1-3-16-41(17-4-1)58-59-53(39-29-31-40(32-30-39)56-47-24-10-8-18-43(47)36-52-46-23-9-7-15-38(46)33-34-50(52)56)37-54(60-58)44-20-13-19-42(35-44)48-26-14-27-51-49-25-11-12-28-55(49)61(57(48)51)45-21-5-2-6-22-45/h1-37H. The van der Waals surface area contributed by atoms with Gasteiger partial charge in [-0.3, -0.25) is 0 Å². The number of hydrogen-bond donors (Lipinski definition) is 0. The molecule has 0 aliphatic rings. The highest BCUT2D eigenvalue weighted by Crippen LogP contribution is 2.42. The highest BCUT2D eigenvalue weighted by molar-refractivity contribution is 6.20. The Morgan fingerprint density at radius 1 is 0.311 bits per heavy atom. The van der Waals surface area contributed by atoms with Crippen LogP contribution in [0.1, 0.15) is 0 Å². The van der Waals surface area contributed by atoms with E-state index in [1.165, 1.54) is 70.8 Å². The van der Waals surface area contributed by atoms with Crippen LogP contribution in [0.5, 0.6) is 0 Å². The summed E-state index contributed by atoms with van der Waals surface area (Å²) in [5.41, 5.74) is 13.0. The molecule has 10 aromatic carbocycles. The predicted molar refractivity (Wildman–Crippen MR) is 256 cm³/mol. The van der Waals surface area contributed by atoms with Crippen molar-refractivity contribution in [2.75, 3.05) is 0 Å². The van der Waals surface area contributed by atoms with Gasteiger partial charge < -0.3 is 4.57 Å². The molecule has 0 atom stereocenters. The van der Waals surface area contributed by atoms with Gasteiger partial charge in [0.05, 0.1) is 22.4 Å². The van der Waals surface area contributed by atoms with Gasteiger partial charge in [0.25, 0.3) is 0 Å². The summed E-state index contributed by atoms with van der Waals surface area (Å²) in [4.78, 5) is 10.5. The second-order valence-electron chi connectivity index (χ2n) is 15.7. The zero-order valence-corrected chi connectivity index (χ0v) is 33.2. The second kappa shape index (κ2) is 14.3. The first-order chi connectivity index (χ1) is 30.2. The third kappa shape index (κ3) is 5.90. The Morgan fingerprint density at radius 3 is 1.74 bits per heavy atom. The second-order valence-corrected chi connectivity index (χ2v) is 15.7. The lowest BCUT2D eigenvalue weighted by molar-refractivity contribution is 1.18. The van der Waals surface area contributed by atoms with Crippen LogP contribution in [-0.4, -0.2) is 14.5 Å². The molecule has 0 radical (unpaired) electrons. The number of para-hydroxylation sites is 3. The van der Waals surface area contributed by atoms with E-state index in [0.29, 0.717) is 5.82 Å². The van der Waals surface area contributed by atoms with Crippen molar-refractivity contribution < 1.29 is 0 Å². The summed E-state index contributed by atoms with van der Waals surface area (Å²) >= 11 is 0. The zero-order chi connectivity index (χ0) is 40.3. The topological polar surface area (TPSA) is 30.7 Å². The van der Waals surface area contributed by atoms with Crippen LogP contribution in [0.2, 0.25) is 0 Å². The van der Waals surface area contributed by atoms with Crippen molar-refractivity contribution in [2.24, 2.45) is 0 Å². The molecule has 0 amide bonds. The fourth-order valence-corrected chi connectivity index (χ4v) is 9.34. The molecule has 0 bridgehead atoms. The average Bonchev–Trinajstić information content (AvgIpc) is 3.68. The molecule has 0 unspecified atom stereocenters. The molecular formula is C58H37N3. The van der Waals surface area contributed by atoms with Gasteiger partial charge in [0.1, 0.15) is 0 Å². The Hall–Kier alpha value is -8.14. The normalized spacial score (nSPS) is 11.6. The van der Waals surface area contributed by atoms with Crippen molar-refractivity contribution >= 4 is 54.1 Å². The van der Waals surface area contributed by atoms with Gasteiger partial charge in [0.15, 0.2) is 5.82 Å². The lowest BCUT2D eigenvalue weighted by atomic mass is 9.89. The van der Waals surface area contributed by atoms with E-state index in [4.69, 9.17) is 9.97 Å². The van der Waals surface area contributed by atoms with Crippen molar-refractivity contribution in [1.82, 2.24) is 14.5 Å². The summed E-state index contributed by atoms with van der Waals surface area (Å²) in [5.74, 6) is 0.695. The minimum absolute atomic E-state index is 0.695. The van der Waals surface area contributed by atoms with E-state index in [1.807, 2.05) is 18.2 Å². The highest BCUT2D eigenvalue weighted by Gasteiger charge is 2.18. The molecule has 61 heavy (non-hydrogen) atoms. The quantitative estimate of drug-likeness (QED) is 0.124. The lowest BCUT2D eigenvalue weighted by Gasteiger charge is -2.15. The third-order valence-corrected chi connectivity index (χ3v) is 12.2. The third-order valence-electron chi connectivity index (χ3n) is 12.2. The van der Waals surface area contributed by atoms with Crippen LogP contribution < -0.4 is 0 Å². The molecule has 0 aliphatic heterocycles. The number of fused-ring (bicyclic) bond motifs is 7. The first-order valence-corrected chi connectivity index (χ1v) is 20.8. The SMILES string of the molecule is c1ccc(-c2nc(-c3ccc(-c4c5ccccc5cc5c4ccc4ccccc45)cc3)cc(-c3cccc(-c4cccc5c6ccccc6n(-c6ccccc6)c45)c3)n2)cc1. The Kier molecular flexibility index (Phi) is 8.17. The summed E-state index contributed by atoms with van der Waals surface area (Å²) in [6.45, 7) is 0. The number of benzene rings is 10. The Bertz CT molecular complexity index is 3620. The molecule has 12 aromatic rings. The molecular weight excluding hydrogens is 739 g/mol. The highest BCUT2D eigenvalue weighted by atomic mass is 15.0. The molecule has 12 rings (SSSR count). The molecule has 0 saturated carbocycles. The smallest absolute Gasteiger partial charge is 0.160 e. The van der Waals surface area contributed by atoms with E-state index in [1.54, 1.807) is 0 Å². The predicted octanol–water partition coefficient (Wildman–Crippen LogP) is 15.4. The minimum atomic E-state index is 0.695. The van der Waals surface area contributed by atoms with Gasteiger partial charge in [-0.05, 0) is 85.4 Å². The lowest BCUT2D eigenvalue weighted by Crippen LogP contribution is -1.97. The molecule has 2 heterocycles. The molecule has 0 N–H and O–H groups in total. The summed E-state index contributed by atoms with van der Waals surface area (Å²) in [6, 6.07) is 80.5. The monoisotopic (exact) mass is 775 g/mol. The maximum atomic E-state index is 5.24. The van der Waals surface area contributed by atoms with Gasteiger partial charge in [-0.2, -0.15) is 0 Å². The van der Waals surface area contributed by atoms with Gasteiger partial charge in [-0.1, -0.05) is 188 Å². The van der Waals surface area contributed by atoms with Crippen LogP contribution in [0.25, 0.3) is 116 Å². The van der Waals surface area contributed by atoms with Crippen molar-refractivity contribution in [3.05, 3.63) is 224 Å². The molecule has 0 saturated heterocycles. The van der Waals surface area contributed by atoms with Crippen molar-refractivity contribution in [1.29, 1.82) is 0 Å². The summed E-state index contributed by atoms with van der Waals surface area (Å²) in [6.07, 6.45) is 0. The van der Waals surface area contributed by atoms with Crippen LogP contribution in [-0.2, 0) is 0 Å². The molecule has 0 fully saturated rings. The van der Waals surface area contributed by atoms with Crippen LogP contribution in [0.15, 0.2) is 224 Å². The maximum absolute atomic E-state index is 5.24. The van der Waals surface area contributed by atoms with Crippen molar-refractivity contribution in [3.63, 3.8) is 0 Å². The Morgan fingerprint density at radius 2 is 0.918 bits per heavy atom. The van der Waals surface area contributed by atoms with E-state index < -0.39 is 0 Å². The van der Waals surface area contributed by atoms with Gasteiger partial charge in [0.2, 0.25) is 0 Å². The van der Waals surface area contributed by atoms with Crippen molar-refractivity contribution in [3.8, 4) is 61.8 Å². The molecule has 284 valence electrons. The van der Waals surface area contributed by atoms with E-state index in [-0.39, 0.29) is 0 Å². The number of hydrogen-bond acceptors (Lipinski definition) is 2. The first kappa shape index (κ1) is 34.9. The van der Waals surface area contributed by atoms with Crippen LogP contribution in [0.4, 0.5) is 0 Å². The van der Waals surface area contributed by atoms with Gasteiger partial charge >= 0.3 is 0 Å². The van der Waals surface area contributed by atoms with Gasteiger partial charge in [-0.25, -0.2) is 9.97 Å². The Labute approximate surface area is 353 Å². The minimum Gasteiger partial charge on any atom is -0.309 e. The van der Waals surface area contributed by atoms with E-state index in [0.717, 1.165) is 39.3 Å². The van der Waals surface area contributed by atoms with E-state index in [9.17, 15) is 0 Å². The van der Waals surface area contributed by atoms with Crippen LogP contribution in [0, 0.1) is 0 Å². The van der Waals surface area contributed by atoms with Crippen LogP contribution >= 0.6 is 0 Å². The number of rotatable bonds is 6.